The van der Waals surface area contributed by atoms with Crippen LogP contribution < -0.4 is 4.90 Å². The van der Waals surface area contributed by atoms with Crippen molar-refractivity contribution in [3.8, 4) is 0 Å². The van der Waals surface area contributed by atoms with Gasteiger partial charge in [0, 0.05) is 25.4 Å². The van der Waals surface area contributed by atoms with Crippen LogP contribution in [0.5, 0.6) is 0 Å². The molecule has 0 N–H and O–H groups in total. The molecule has 138 valence electrons. The normalized spacial score (nSPS) is 21.0. The van der Waals surface area contributed by atoms with Crippen LogP contribution in [-0.4, -0.2) is 28.0 Å². The number of halogens is 3. The molecule has 0 amide bonds. The van der Waals surface area contributed by atoms with Crippen molar-refractivity contribution in [1.82, 2.24) is 15.0 Å². The molecule has 1 saturated heterocycles. The molecule has 1 spiro atoms. The first-order valence-corrected chi connectivity index (χ1v) is 9.41. The lowest BCUT2D eigenvalue weighted by Gasteiger charge is -2.34. The van der Waals surface area contributed by atoms with Gasteiger partial charge in [-0.15, -0.1) is 0 Å². The van der Waals surface area contributed by atoms with Crippen molar-refractivity contribution in [1.29, 1.82) is 0 Å². The summed E-state index contributed by atoms with van der Waals surface area (Å²) in [6, 6.07) is 5.74. The number of rotatable bonds is 2. The number of piperidine rings is 1. The second-order valence-electron chi connectivity index (χ2n) is 7.47. The van der Waals surface area contributed by atoms with Gasteiger partial charge in [-0.25, -0.2) is 18.7 Å². The van der Waals surface area contributed by atoms with Gasteiger partial charge >= 0.3 is 0 Å². The third-order valence-corrected chi connectivity index (χ3v) is 6.25. The summed E-state index contributed by atoms with van der Waals surface area (Å²) in [5.74, 6) is -0.100. The van der Waals surface area contributed by atoms with Crippen molar-refractivity contribution in [2.45, 2.75) is 25.2 Å². The van der Waals surface area contributed by atoms with E-state index in [9.17, 15) is 8.78 Å². The molecule has 1 aliphatic carbocycles. The highest BCUT2D eigenvalue weighted by Crippen LogP contribution is 2.65. The third-order valence-electron chi connectivity index (χ3n) is 5.99. The van der Waals surface area contributed by atoms with Crippen LogP contribution >= 0.6 is 11.6 Å². The molecular weight excluding hydrogens is 370 g/mol. The lowest BCUT2D eigenvalue weighted by molar-refractivity contribution is 0.368. The molecule has 2 aliphatic rings. The van der Waals surface area contributed by atoms with Gasteiger partial charge in [-0.05, 0) is 48.3 Å². The van der Waals surface area contributed by atoms with Crippen molar-refractivity contribution in [2.24, 2.45) is 5.41 Å². The first-order chi connectivity index (χ1) is 13.1. The van der Waals surface area contributed by atoms with E-state index in [-0.39, 0.29) is 11.3 Å². The number of hydrogen-bond donors (Lipinski definition) is 0. The van der Waals surface area contributed by atoms with E-state index in [1.54, 1.807) is 18.5 Å². The first kappa shape index (κ1) is 16.8. The zero-order valence-corrected chi connectivity index (χ0v) is 15.3. The molecule has 1 unspecified atom stereocenters. The van der Waals surface area contributed by atoms with Gasteiger partial charge in [-0.2, -0.15) is 0 Å². The van der Waals surface area contributed by atoms with E-state index in [4.69, 9.17) is 11.6 Å². The lowest BCUT2D eigenvalue weighted by Crippen LogP contribution is -2.36. The Kier molecular flexibility index (Phi) is 3.79. The van der Waals surface area contributed by atoms with Gasteiger partial charge in [0.15, 0.2) is 11.0 Å². The summed E-state index contributed by atoms with van der Waals surface area (Å²) in [6.07, 6.45) is 6.15. The molecule has 0 bridgehead atoms. The molecule has 5 rings (SSSR count). The summed E-state index contributed by atoms with van der Waals surface area (Å²) in [6.45, 7) is 1.59. The molecule has 1 saturated carbocycles. The van der Waals surface area contributed by atoms with Gasteiger partial charge in [0.25, 0.3) is 0 Å². The summed E-state index contributed by atoms with van der Waals surface area (Å²) in [5, 5.41) is 0.378. The summed E-state index contributed by atoms with van der Waals surface area (Å²) in [7, 11) is 0. The van der Waals surface area contributed by atoms with Crippen molar-refractivity contribution >= 4 is 28.5 Å². The van der Waals surface area contributed by atoms with Gasteiger partial charge in [0.2, 0.25) is 0 Å². The van der Waals surface area contributed by atoms with Gasteiger partial charge in [-0.3, -0.25) is 4.98 Å². The number of anilines is 1. The fourth-order valence-electron chi connectivity index (χ4n) is 4.36. The predicted octanol–water partition coefficient (Wildman–Crippen LogP) is 4.73. The van der Waals surface area contributed by atoms with E-state index in [1.807, 2.05) is 6.07 Å². The SMILES string of the molecule is Fc1ccc(C2CC23CCN(c2nc4ccncc4nc2Cl)CC3)c(F)c1. The molecule has 1 aromatic carbocycles. The van der Waals surface area contributed by atoms with E-state index >= 15 is 0 Å². The molecule has 27 heavy (non-hydrogen) atoms. The molecule has 4 nitrogen and oxygen atoms in total. The molecule has 0 radical (unpaired) electrons. The molecule has 7 heteroatoms. The molecule has 2 aromatic heterocycles. The zero-order chi connectivity index (χ0) is 18.6. The quantitative estimate of drug-likeness (QED) is 0.638. The Labute approximate surface area is 160 Å². The Balaban J connectivity index is 1.35. The summed E-state index contributed by atoms with van der Waals surface area (Å²) in [5.41, 5.74) is 2.19. The van der Waals surface area contributed by atoms with Gasteiger partial charge in [0.05, 0.1) is 11.7 Å². The van der Waals surface area contributed by atoms with Crippen LogP contribution in [0, 0.1) is 17.0 Å². The third kappa shape index (κ3) is 2.83. The number of benzene rings is 1. The molecular formula is C20H17ClF2N4. The molecule has 3 aromatic rings. The second-order valence-corrected chi connectivity index (χ2v) is 7.83. The fraction of sp³-hybridized carbons (Fsp3) is 0.350. The Bertz CT molecular complexity index is 1030. The van der Waals surface area contributed by atoms with Crippen LogP contribution in [0.2, 0.25) is 5.15 Å². The maximum absolute atomic E-state index is 14.1. The predicted molar refractivity (Wildman–Crippen MR) is 99.9 cm³/mol. The standard InChI is InChI=1S/C20H17ClF2N4/c21-18-19(26-16-3-6-24-11-17(16)25-18)27-7-4-20(5-8-27)10-14(20)13-2-1-12(22)9-15(13)23/h1-3,6,9,11,14H,4-5,7-8,10H2. The number of fused-ring (bicyclic) bond motifs is 1. The van der Waals surface area contributed by atoms with Crippen molar-refractivity contribution in [2.75, 3.05) is 18.0 Å². The second kappa shape index (κ2) is 6.09. The summed E-state index contributed by atoms with van der Waals surface area (Å²) in [4.78, 5) is 15.3. The van der Waals surface area contributed by atoms with Crippen LogP contribution in [-0.2, 0) is 0 Å². The Hall–Kier alpha value is -2.34. The average molecular weight is 387 g/mol. The summed E-state index contributed by atoms with van der Waals surface area (Å²) < 4.78 is 27.3. The van der Waals surface area contributed by atoms with E-state index in [0.29, 0.717) is 22.1 Å². The molecule has 1 atom stereocenters. The minimum atomic E-state index is -0.527. The highest BCUT2D eigenvalue weighted by molar-refractivity contribution is 6.32. The van der Waals surface area contributed by atoms with Crippen molar-refractivity contribution in [3.05, 3.63) is 59.0 Å². The first-order valence-electron chi connectivity index (χ1n) is 9.03. The van der Waals surface area contributed by atoms with E-state index in [0.717, 1.165) is 43.9 Å². The van der Waals surface area contributed by atoms with Crippen molar-refractivity contribution in [3.63, 3.8) is 0 Å². The van der Waals surface area contributed by atoms with E-state index < -0.39 is 11.6 Å². The highest BCUT2D eigenvalue weighted by atomic mass is 35.5. The zero-order valence-electron chi connectivity index (χ0n) is 14.5. The van der Waals surface area contributed by atoms with Crippen LogP contribution in [0.3, 0.4) is 0 Å². The van der Waals surface area contributed by atoms with Gasteiger partial charge < -0.3 is 4.90 Å². The minimum Gasteiger partial charge on any atom is -0.354 e. The Morgan fingerprint density at radius 2 is 1.89 bits per heavy atom. The van der Waals surface area contributed by atoms with Gasteiger partial charge in [-0.1, -0.05) is 17.7 Å². The highest BCUT2D eigenvalue weighted by Gasteiger charge is 2.56. The fourth-order valence-corrected chi connectivity index (χ4v) is 4.62. The van der Waals surface area contributed by atoms with Gasteiger partial charge in [0.1, 0.15) is 17.2 Å². The average Bonchev–Trinajstić information content (AvgIpc) is 3.35. The largest absolute Gasteiger partial charge is 0.354 e. The number of pyridine rings is 1. The van der Waals surface area contributed by atoms with Crippen LogP contribution in [0.1, 0.15) is 30.7 Å². The maximum Gasteiger partial charge on any atom is 0.172 e. The van der Waals surface area contributed by atoms with Crippen LogP contribution in [0.25, 0.3) is 11.0 Å². The van der Waals surface area contributed by atoms with Crippen LogP contribution in [0.4, 0.5) is 14.6 Å². The summed E-state index contributed by atoms with van der Waals surface area (Å²) >= 11 is 6.36. The van der Waals surface area contributed by atoms with Crippen LogP contribution in [0.15, 0.2) is 36.7 Å². The van der Waals surface area contributed by atoms with Crippen molar-refractivity contribution < 1.29 is 8.78 Å². The number of hydrogen-bond acceptors (Lipinski definition) is 4. The maximum atomic E-state index is 14.1. The Morgan fingerprint density at radius 3 is 2.67 bits per heavy atom. The molecule has 1 aliphatic heterocycles. The van der Waals surface area contributed by atoms with E-state index in [1.165, 1.54) is 6.07 Å². The lowest BCUT2D eigenvalue weighted by atomic mass is 9.88. The monoisotopic (exact) mass is 386 g/mol. The molecule has 2 fully saturated rings. The topological polar surface area (TPSA) is 41.9 Å². The smallest absolute Gasteiger partial charge is 0.172 e. The minimum absolute atomic E-state index is 0.107. The number of nitrogens with zero attached hydrogens (tertiary/aromatic N) is 4. The molecule has 3 heterocycles. The number of aromatic nitrogens is 3. The Morgan fingerprint density at radius 1 is 1.07 bits per heavy atom. The van der Waals surface area contributed by atoms with E-state index in [2.05, 4.69) is 19.9 Å².